The molecule has 0 atom stereocenters. The Bertz CT molecular complexity index is 2970. The van der Waals surface area contributed by atoms with Crippen LogP contribution in [0.15, 0.2) is 217 Å². The Morgan fingerprint density at radius 2 is 0.855 bits per heavy atom. The van der Waals surface area contributed by atoms with Crippen LogP contribution in [0.2, 0.25) is 0 Å². The molecule has 0 radical (unpaired) electrons. The van der Waals surface area contributed by atoms with Gasteiger partial charge in [-0.2, -0.15) is 0 Å². The van der Waals surface area contributed by atoms with Gasteiger partial charge in [-0.3, -0.25) is 0 Å². The van der Waals surface area contributed by atoms with Gasteiger partial charge in [-0.1, -0.05) is 176 Å². The summed E-state index contributed by atoms with van der Waals surface area (Å²) in [5.41, 5.74) is 14.7. The average molecular weight is 702 g/mol. The lowest BCUT2D eigenvalue weighted by Gasteiger charge is -2.34. The van der Waals surface area contributed by atoms with Crippen LogP contribution in [-0.4, -0.2) is 0 Å². The Labute approximate surface area is 320 Å². The second-order valence-electron chi connectivity index (χ2n) is 14.4. The zero-order valence-corrected chi connectivity index (χ0v) is 30.1. The number of para-hydroxylation sites is 1. The van der Waals surface area contributed by atoms with Crippen LogP contribution in [0.4, 0.5) is 17.1 Å². The fraction of sp³-hybridized carbons (Fsp3) is 0.0189. The summed E-state index contributed by atoms with van der Waals surface area (Å²) in [4.78, 5) is 2.41. The zero-order valence-electron chi connectivity index (χ0n) is 30.1. The number of nitrogens with zero attached hydrogens (tertiary/aromatic N) is 1. The molecular weight excluding hydrogens is 667 g/mol. The fourth-order valence-corrected chi connectivity index (χ4v) is 9.15. The van der Waals surface area contributed by atoms with Crippen LogP contribution >= 0.6 is 0 Å². The van der Waals surface area contributed by atoms with Crippen LogP contribution in [0.5, 0.6) is 0 Å². The molecule has 0 saturated carbocycles. The van der Waals surface area contributed by atoms with E-state index in [4.69, 9.17) is 4.42 Å². The molecule has 0 N–H and O–H groups in total. The van der Waals surface area contributed by atoms with Gasteiger partial charge in [0.15, 0.2) is 0 Å². The number of anilines is 3. The van der Waals surface area contributed by atoms with E-state index < -0.39 is 5.41 Å². The van der Waals surface area contributed by atoms with Gasteiger partial charge in [-0.15, -0.1) is 0 Å². The lowest BCUT2D eigenvalue weighted by atomic mass is 9.68. The summed E-state index contributed by atoms with van der Waals surface area (Å²) >= 11 is 0. The summed E-state index contributed by atoms with van der Waals surface area (Å²) < 4.78 is 6.54. The molecule has 1 aliphatic carbocycles. The van der Waals surface area contributed by atoms with Crippen LogP contribution in [-0.2, 0) is 5.41 Å². The summed E-state index contributed by atoms with van der Waals surface area (Å²) in [5, 5.41) is 4.44. The lowest BCUT2D eigenvalue weighted by molar-refractivity contribution is 0.672. The van der Waals surface area contributed by atoms with Gasteiger partial charge >= 0.3 is 0 Å². The summed E-state index contributed by atoms with van der Waals surface area (Å²) in [6, 6.07) is 77.0. The number of fused-ring (bicyclic) bond motifs is 8. The lowest BCUT2D eigenvalue weighted by Crippen LogP contribution is -2.28. The average Bonchev–Trinajstić information content (AvgIpc) is 3.79. The summed E-state index contributed by atoms with van der Waals surface area (Å²) in [7, 11) is 0. The molecule has 0 spiro atoms. The maximum Gasteiger partial charge on any atom is 0.143 e. The minimum atomic E-state index is -0.462. The van der Waals surface area contributed by atoms with Gasteiger partial charge in [0.25, 0.3) is 0 Å². The Kier molecular flexibility index (Phi) is 7.11. The SMILES string of the molecule is c1ccc(-c2ccc(N(c3ccc(C4(c5ccccc5)c5ccccc5-c5ccccc54)cc3)c3cc4c5ccccc5oc4c4ccccc34)cc2)cc1. The monoisotopic (exact) mass is 701 g/mol. The molecule has 0 amide bonds. The number of hydrogen-bond acceptors (Lipinski definition) is 2. The third-order valence-electron chi connectivity index (χ3n) is 11.6. The molecule has 2 nitrogen and oxygen atoms in total. The minimum Gasteiger partial charge on any atom is -0.455 e. The first-order chi connectivity index (χ1) is 27.3. The largest absolute Gasteiger partial charge is 0.455 e. The van der Waals surface area contributed by atoms with Crippen LogP contribution < -0.4 is 4.90 Å². The van der Waals surface area contributed by atoms with E-state index >= 15 is 0 Å². The van der Waals surface area contributed by atoms with Crippen molar-refractivity contribution in [1.29, 1.82) is 0 Å². The molecule has 0 aliphatic heterocycles. The molecule has 55 heavy (non-hydrogen) atoms. The molecule has 11 rings (SSSR count). The first-order valence-electron chi connectivity index (χ1n) is 18.9. The molecule has 0 unspecified atom stereocenters. The van der Waals surface area contributed by atoms with Crippen molar-refractivity contribution in [2.24, 2.45) is 0 Å². The van der Waals surface area contributed by atoms with E-state index in [-0.39, 0.29) is 0 Å². The molecule has 1 heterocycles. The molecule has 0 fully saturated rings. The van der Waals surface area contributed by atoms with Crippen LogP contribution in [0.25, 0.3) is 55.0 Å². The van der Waals surface area contributed by atoms with E-state index in [1.807, 2.05) is 6.07 Å². The second kappa shape index (κ2) is 12.5. The van der Waals surface area contributed by atoms with E-state index in [1.54, 1.807) is 0 Å². The summed E-state index contributed by atoms with van der Waals surface area (Å²) in [6.45, 7) is 0. The van der Waals surface area contributed by atoms with E-state index in [2.05, 4.69) is 211 Å². The first kappa shape index (κ1) is 31.4. The maximum atomic E-state index is 6.54. The van der Waals surface area contributed by atoms with E-state index in [0.29, 0.717) is 0 Å². The normalized spacial score (nSPS) is 12.9. The third-order valence-corrected chi connectivity index (χ3v) is 11.6. The topological polar surface area (TPSA) is 16.4 Å². The maximum absolute atomic E-state index is 6.54. The molecule has 9 aromatic carbocycles. The van der Waals surface area contributed by atoms with E-state index in [9.17, 15) is 0 Å². The number of furan rings is 1. The van der Waals surface area contributed by atoms with Gasteiger partial charge in [0.05, 0.1) is 11.1 Å². The van der Waals surface area contributed by atoms with Crippen LogP contribution in [0.1, 0.15) is 22.3 Å². The highest BCUT2D eigenvalue weighted by atomic mass is 16.3. The van der Waals surface area contributed by atoms with Crippen LogP contribution in [0, 0.1) is 0 Å². The molecule has 10 aromatic rings. The number of hydrogen-bond donors (Lipinski definition) is 0. The van der Waals surface area contributed by atoms with Crippen molar-refractivity contribution in [3.8, 4) is 22.3 Å². The fourth-order valence-electron chi connectivity index (χ4n) is 9.15. The standard InChI is InChI=1S/C53H35NO/c1-3-15-36(16-4-1)37-27-31-40(32-28-37)54(50-35-47-45-22-11-14-26-51(45)55-52(47)46-23-8-7-21-44(46)50)41-33-29-39(30-34-41)53(38-17-5-2-6-18-38)48-24-12-9-19-42(48)43-20-10-13-25-49(43)53/h1-35H. The van der Waals surface area contributed by atoms with Crippen molar-refractivity contribution < 1.29 is 4.42 Å². The highest BCUT2D eigenvalue weighted by Gasteiger charge is 2.45. The van der Waals surface area contributed by atoms with E-state index in [0.717, 1.165) is 49.8 Å². The van der Waals surface area contributed by atoms with Crippen molar-refractivity contribution in [3.63, 3.8) is 0 Å². The van der Waals surface area contributed by atoms with Crippen molar-refractivity contribution in [2.45, 2.75) is 5.41 Å². The summed E-state index contributed by atoms with van der Waals surface area (Å²) in [5.74, 6) is 0. The Morgan fingerprint density at radius 1 is 0.364 bits per heavy atom. The molecule has 258 valence electrons. The molecule has 0 bridgehead atoms. The smallest absolute Gasteiger partial charge is 0.143 e. The van der Waals surface area contributed by atoms with Gasteiger partial charge in [-0.25, -0.2) is 0 Å². The molecular formula is C53H35NO. The van der Waals surface area contributed by atoms with E-state index in [1.165, 1.54) is 44.5 Å². The van der Waals surface area contributed by atoms with Crippen LogP contribution in [0.3, 0.4) is 0 Å². The van der Waals surface area contributed by atoms with Gasteiger partial charge in [0.1, 0.15) is 11.2 Å². The molecule has 1 aromatic heterocycles. The van der Waals surface area contributed by atoms with Crippen molar-refractivity contribution >= 4 is 49.8 Å². The number of benzene rings is 9. The highest BCUT2D eigenvalue weighted by molar-refractivity contribution is 6.19. The zero-order chi connectivity index (χ0) is 36.3. The quantitative estimate of drug-likeness (QED) is 0.172. The predicted molar refractivity (Wildman–Crippen MR) is 229 cm³/mol. The highest BCUT2D eigenvalue weighted by Crippen LogP contribution is 2.56. The summed E-state index contributed by atoms with van der Waals surface area (Å²) in [6.07, 6.45) is 0. The van der Waals surface area contributed by atoms with Gasteiger partial charge in [-0.05, 0) is 80.9 Å². The molecule has 1 aliphatic rings. The Hall–Kier alpha value is -7.16. The van der Waals surface area contributed by atoms with Crippen molar-refractivity contribution in [2.75, 3.05) is 4.90 Å². The molecule has 0 saturated heterocycles. The van der Waals surface area contributed by atoms with Gasteiger partial charge in [0.2, 0.25) is 0 Å². The first-order valence-corrected chi connectivity index (χ1v) is 18.9. The molecule has 2 heteroatoms. The minimum absolute atomic E-state index is 0.462. The Morgan fingerprint density at radius 3 is 1.53 bits per heavy atom. The van der Waals surface area contributed by atoms with Crippen molar-refractivity contribution in [3.05, 3.63) is 235 Å². The third kappa shape index (κ3) is 4.75. The predicted octanol–water partition coefficient (Wildman–Crippen LogP) is 14.2. The van der Waals surface area contributed by atoms with Gasteiger partial charge in [0, 0.05) is 32.9 Å². The Balaban J connectivity index is 1.15. The second-order valence-corrected chi connectivity index (χ2v) is 14.4. The van der Waals surface area contributed by atoms with Crippen molar-refractivity contribution in [1.82, 2.24) is 0 Å². The van der Waals surface area contributed by atoms with Gasteiger partial charge < -0.3 is 9.32 Å². The number of rotatable bonds is 6.